The molecule has 0 spiro atoms. The number of carboxylic acids is 1. The summed E-state index contributed by atoms with van der Waals surface area (Å²) in [5.41, 5.74) is 0. The molecule has 0 amide bonds. The molecule has 10 heavy (non-hydrogen) atoms. The summed E-state index contributed by atoms with van der Waals surface area (Å²) in [5, 5.41) is 8.56. The van der Waals surface area contributed by atoms with Gasteiger partial charge in [0.2, 0.25) is 0 Å². The van der Waals surface area contributed by atoms with Gasteiger partial charge in [0.25, 0.3) is 0 Å². The fraction of sp³-hybridized carbons (Fsp3) is 0.571. The van der Waals surface area contributed by atoms with Crippen LogP contribution < -0.4 is 0 Å². The highest BCUT2D eigenvalue weighted by molar-refractivity contribution is 7.82. The summed E-state index contributed by atoms with van der Waals surface area (Å²) in [5.74, 6) is -0.881. The lowest BCUT2D eigenvalue weighted by Crippen LogP contribution is -2.27. The van der Waals surface area contributed by atoms with Gasteiger partial charge in [-0.25, -0.2) is 0 Å². The van der Waals surface area contributed by atoms with E-state index in [2.05, 4.69) is 12.6 Å². The lowest BCUT2D eigenvalue weighted by Gasteiger charge is -2.14. The van der Waals surface area contributed by atoms with E-state index in [4.69, 9.17) is 5.11 Å². The van der Waals surface area contributed by atoms with Crippen molar-refractivity contribution in [2.75, 3.05) is 0 Å². The number of carboxylic acid groups (broad SMARTS) is 1. The summed E-state index contributed by atoms with van der Waals surface area (Å²) in [7, 11) is 0. The molecule has 2 nitrogen and oxygen atoms in total. The number of allylic oxidation sites excluding steroid dienone is 2. The van der Waals surface area contributed by atoms with Gasteiger partial charge in [0.15, 0.2) is 0 Å². The SMILES string of the molecule is C/C=C/CC(C)(S)C(=O)O. The van der Waals surface area contributed by atoms with Crippen LogP contribution in [0.1, 0.15) is 20.3 Å². The largest absolute Gasteiger partial charge is 0.480 e. The Hall–Kier alpha value is -0.440. The Labute approximate surface area is 66.4 Å². The Balaban J connectivity index is 3.99. The fourth-order valence-corrected chi connectivity index (χ4v) is 0.540. The van der Waals surface area contributed by atoms with E-state index in [1.807, 2.05) is 13.0 Å². The maximum Gasteiger partial charge on any atom is 0.319 e. The highest BCUT2D eigenvalue weighted by Crippen LogP contribution is 2.18. The average molecular weight is 160 g/mol. The van der Waals surface area contributed by atoms with Crippen LogP contribution >= 0.6 is 12.6 Å². The molecule has 1 N–H and O–H groups in total. The molecule has 3 heteroatoms. The first kappa shape index (κ1) is 9.56. The molecule has 1 atom stereocenters. The first-order valence-corrected chi connectivity index (χ1v) is 3.52. The van der Waals surface area contributed by atoms with Crippen LogP contribution in [0.2, 0.25) is 0 Å². The number of hydrogen-bond donors (Lipinski definition) is 2. The van der Waals surface area contributed by atoms with E-state index in [1.165, 1.54) is 0 Å². The molecule has 58 valence electrons. The van der Waals surface area contributed by atoms with Crippen molar-refractivity contribution in [3.05, 3.63) is 12.2 Å². The van der Waals surface area contributed by atoms with Crippen molar-refractivity contribution in [2.24, 2.45) is 0 Å². The van der Waals surface area contributed by atoms with Gasteiger partial charge in [0, 0.05) is 0 Å². The first-order chi connectivity index (χ1) is 4.50. The van der Waals surface area contributed by atoms with E-state index in [9.17, 15) is 4.79 Å². The predicted molar refractivity (Wildman–Crippen MR) is 44.5 cm³/mol. The van der Waals surface area contributed by atoms with Crippen molar-refractivity contribution in [1.82, 2.24) is 0 Å². The third kappa shape index (κ3) is 2.92. The molecule has 0 aliphatic rings. The van der Waals surface area contributed by atoms with Gasteiger partial charge in [0.1, 0.15) is 4.75 Å². The first-order valence-electron chi connectivity index (χ1n) is 3.07. The second-order valence-electron chi connectivity index (χ2n) is 2.35. The zero-order valence-corrected chi connectivity index (χ0v) is 7.06. The third-order valence-corrected chi connectivity index (χ3v) is 1.59. The molecule has 0 aliphatic carbocycles. The van der Waals surface area contributed by atoms with Crippen molar-refractivity contribution in [1.29, 1.82) is 0 Å². The molecular weight excluding hydrogens is 148 g/mol. The molecule has 0 aromatic rings. The zero-order valence-electron chi connectivity index (χ0n) is 6.16. The molecule has 0 fully saturated rings. The predicted octanol–water partition coefficient (Wildman–Crippen LogP) is 1.73. The fourth-order valence-electron chi connectivity index (χ4n) is 0.435. The minimum Gasteiger partial charge on any atom is -0.480 e. The molecule has 0 saturated carbocycles. The summed E-state index contributed by atoms with van der Waals surface area (Å²) >= 11 is 3.96. The minimum atomic E-state index is -0.924. The van der Waals surface area contributed by atoms with Crippen molar-refractivity contribution >= 4 is 18.6 Å². The van der Waals surface area contributed by atoms with Crippen molar-refractivity contribution < 1.29 is 9.90 Å². The maximum atomic E-state index is 10.4. The number of hydrogen-bond acceptors (Lipinski definition) is 2. The van der Waals surface area contributed by atoms with Gasteiger partial charge >= 0.3 is 5.97 Å². The van der Waals surface area contributed by atoms with Crippen LogP contribution in [0.5, 0.6) is 0 Å². The van der Waals surface area contributed by atoms with Gasteiger partial charge in [-0.1, -0.05) is 12.2 Å². The summed E-state index contributed by atoms with van der Waals surface area (Å²) in [6.45, 7) is 3.43. The maximum absolute atomic E-state index is 10.4. The van der Waals surface area contributed by atoms with Gasteiger partial charge < -0.3 is 5.11 Å². The third-order valence-electron chi connectivity index (χ3n) is 1.21. The van der Waals surface area contributed by atoms with Gasteiger partial charge in [-0.2, -0.15) is 12.6 Å². The summed E-state index contributed by atoms with van der Waals surface area (Å²) in [6.07, 6.45) is 4.07. The van der Waals surface area contributed by atoms with E-state index >= 15 is 0 Å². The number of carbonyl (C=O) groups is 1. The van der Waals surface area contributed by atoms with Crippen LogP contribution in [0.25, 0.3) is 0 Å². The lowest BCUT2D eigenvalue weighted by atomic mass is 10.1. The average Bonchev–Trinajstić information content (AvgIpc) is 1.84. The highest BCUT2D eigenvalue weighted by Gasteiger charge is 2.26. The Kier molecular flexibility index (Phi) is 3.50. The van der Waals surface area contributed by atoms with Crippen LogP contribution in [0.15, 0.2) is 12.2 Å². The number of thiol groups is 1. The van der Waals surface area contributed by atoms with Gasteiger partial charge in [-0.3, -0.25) is 4.79 Å². The van der Waals surface area contributed by atoms with Crippen molar-refractivity contribution in [2.45, 2.75) is 25.0 Å². The number of aliphatic carboxylic acids is 1. The number of rotatable bonds is 3. The van der Waals surface area contributed by atoms with Crippen LogP contribution in [-0.2, 0) is 4.79 Å². The van der Waals surface area contributed by atoms with E-state index in [-0.39, 0.29) is 0 Å². The Morgan fingerprint density at radius 2 is 2.30 bits per heavy atom. The molecule has 0 saturated heterocycles. The Morgan fingerprint density at radius 3 is 2.60 bits per heavy atom. The normalized spacial score (nSPS) is 17.1. The molecule has 0 heterocycles. The standard InChI is InChI=1S/C7H12O2S/c1-3-4-5-7(2,10)6(8)9/h3-4,10H,5H2,1-2H3,(H,8,9)/b4-3+. The van der Waals surface area contributed by atoms with E-state index in [1.54, 1.807) is 13.0 Å². The van der Waals surface area contributed by atoms with Gasteiger partial charge in [-0.15, -0.1) is 0 Å². The van der Waals surface area contributed by atoms with Crippen LogP contribution in [0, 0.1) is 0 Å². The van der Waals surface area contributed by atoms with Crippen molar-refractivity contribution in [3.63, 3.8) is 0 Å². The summed E-state index contributed by atoms with van der Waals surface area (Å²) < 4.78 is -0.924. The van der Waals surface area contributed by atoms with Crippen LogP contribution in [0.4, 0.5) is 0 Å². The van der Waals surface area contributed by atoms with E-state index < -0.39 is 10.7 Å². The van der Waals surface area contributed by atoms with Crippen LogP contribution in [-0.4, -0.2) is 15.8 Å². The quantitative estimate of drug-likeness (QED) is 0.487. The topological polar surface area (TPSA) is 37.3 Å². The molecule has 0 aromatic heterocycles. The van der Waals surface area contributed by atoms with Crippen LogP contribution in [0.3, 0.4) is 0 Å². The molecule has 1 unspecified atom stereocenters. The van der Waals surface area contributed by atoms with Crippen molar-refractivity contribution in [3.8, 4) is 0 Å². The van der Waals surface area contributed by atoms with E-state index in [0.29, 0.717) is 6.42 Å². The van der Waals surface area contributed by atoms with Gasteiger partial charge in [-0.05, 0) is 20.3 Å². The molecular formula is C7H12O2S. The molecule has 0 aliphatic heterocycles. The minimum absolute atomic E-state index is 0.460. The lowest BCUT2D eigenvalue weighted by molar-refractivity contribution is -0.139. The Bertz CT molecular complexity index is 150. The molecule has 0 bridgehead atoms. The second-order valence-corrected chi connectivity index (χ2v) is 3.34. The zero-order chi connectivity index (χ0) is 8.20. The summed E-state index contributed by atoms with van der Waals surface area (Å²) in [6, 6.07) is 0. The molecule has 0 radical (unpaired) electrons. The van der Waals surface area contributed by atoms with Gasteiger partial charge in [0.05, 0.1) is 0 Å². The highest BCUT2D eigenvalue weighted by atomic mass is 32.1. The second kappa shape index (κ2) is 3.66. The Morgan fingerprint density at radius 1 is 1.80 bits per heavy atom. The molecule has 0 aromatic carbocycles. The van der Waals surface area contributed by atoms with E-state index in [0.717, 1.165) is 0 Å². The molecule has 0 rings (SSSR count). The summed E-state index contributed by atoms with van der Waals surface area (Å²) in [4.78, 5) is 10.4. The monoisotopic (exact) mass is 160 g/mol. The smallest absolute Gasteiger partial charge is 0.319 e.